The molecular formula is C13H16BrN3O2. The van der Waals surface area contributed by atoms with Crippen LogP contribution < -0.4 is 10.1 Å². The van der Waals surface area contributed by atoms with Crippen molar-refractivity contribution >= 4 is 15.9 Å². The summed E-state index contributed by atoms with van der Waals surface area (Å²) in [6.45, 7) is 2.99. The minimum absolute atomic E-state index is 0.270. The molecule has 0 radical (unpaired) electrons. The van der Waals surface area contributed by atoms with E-state index < -0.39 is 0 Å². The van der Waals surface area contributed by atoms with Crippen LogP contribution in [0, 0.1) is 0 Å². The van der Waals surface area contributed by atoms with Crippen molar-refractivity contribution in [2.24, 2.45) is 0 Å². The summed E-state index contributed by atoms with van der Waals surface area (Å²) in [5.74, 6) is 1.98. The second kappa shape index (κ2) is 6.68. The minimum atomic E-state index is 0.270. The Labute approximate surface area is 120 Å². The third-order valence-corrected chi connectivity index (χ3v) is 3.21. The van der Waals surface area contributed by atoms with Crippen molar-refractivity contribution < 1.29 is 9.26 Å². The Morgan fingerprint density at radius 2 is 2.26 bits per heavy atom. The van der Waals surface area contributed by atoms with E-state index in [9.17, 15) is 0 Å². The highest BCUT2D eigenvalue weighted by molar-refractivity contribution is 9.10. The van der Waals surface area contributed by atoms with Crippen LogP contribution in [-0.2, 0) is 19.6 Å². The molecule has 0 atom stereocenters. The monoisotopic (exact) mass is 325 g/mol. The van der Waals surface area contributed by atoms with E-state index in [1.54, 1.807) is 0 Å². The third-order valence-electron chi connectivity index (χ3n) is 2.58. The van der Waals surface area contributed by atoms with E-state index >= 15 is 0 Å². The van der Waals surface area contributed by atoms with Crippen LogP contribution in [0.15, 0.2) is 27.2 Å². The SMILES string of the molecule is CCc1noc(COc2c(Br)cccc2CNC)n1. The minimum Gasteiger partial charge on any atom is -0.482 e. The van der Waals surface area contributed by atoms with Gasteiger partial charge in [0.25, 0.3) is 5.89 Å². The van der Waals surface area contributed by atoms with Gasteiger partial charge in [0.15, 0.2) is 12.4 Å². The van der Waals surface area contributed by atoms with E-state index in [0.29, 0.717) is 11.7 Å². The van der Waals surface area contributed by atoms with Crippen LogP contribution in [0.5, 0.6) is 5.75 Å². The van der Waals surface area contributed by atoms with Gasteiger partial charge < -0.3 is 14.6 Å². The van der Waals surface area contributed by atoms with E-state index in [-0.39, 0.29) is 6.61 Å². The Balaban J connectivity index is 2.09. The Kier molecular flexibility index (Phi) is 4.93. The highest BCUT2D eigenvalue weighted by Gasteiger charge is 2.10. The average Bonchev–Trinajstić information content (AvgIpc) is 2.86. The summed E-state index contributed by atoms with van der Waals surface area (Å²) in [4.78, 5) is 4.22. The molecule has 0 spiro atoms. The van der Waals surface area contributed by atoms with Gasteiger partial charge in [-0.25, -0.2) is 0 Å². The van der Waals surface area contributed by atoms with E-state index in [4.69, 9.17) is 9.26 Å². The molecule has 0 fully saturated rings. The summed E-state index contributed by atoms with van der Waals surface area (Å²) >= 11 is 3.49. The number of halogens is 1. The lowest BCUT2D eigenvalue weighted by Gasteiger charge is -2.11. The van der Waals surface area contributed by atoms with Gasteiger partial charge in [-0.3, -0.25) is 0 Å². The number of hydrogen-bond acceptors (Lipinski definition) is 5. The van der Waals surface area contributed by atoms with Gasteiger partial charge in [0, 0.05) is 18.5 Å². The second-order valence-corrected chi connectivity index (χ2v) is 4.86. The van der Waals surface area contributed by atoms with Crippen LogP contribution in [0.3, 0.4) is 0 Å². The number of nitrogens with zero attached hydrogens (tertiary/aromatic N) is 2. The molecule has 0 bridgehead atoms. The molecule has 1 aromatic carbocycles. The predicted octanol–water partition coefficient (Wildman–Crippen LogP) is 2.69. The maximum atomic E-state index is 5.78. The van der Waals surface area contributed by atoms with Crippen LogP contribution in [0.2, 0.25) is 0 Å². The van der Waals surface area contributed by atoms with E-state index in [1.165, 1.54) is 0 Å². The van der Waals surface area contributed by atoms with Crippen molar-refractivity contribution in [2.45, 2.75) is 26.5 Å². The second-order valence-electron chi connectivity index (χ2n) is 4.00. The Morgan fingerprint density at radius 1 is 1.42 bits per heavy atom. The zero-order valence-electron chi connectivity index (χ0n) is 10.9. The molecule has 0 saturated heterocycles. The van der Waals surface area contributed by atoms with Gasteiger partial charge in [0.05, 0.1) is 4.47 Å². The lowest BCUT2D eigenvalue weighted by atomic mass is 10.2. The Bertz CT molecular complexity index is 542. The van der Waals surface area contributed by atoms with E-state index in [0.717, 1.165) is 28.8 Å². The summed E-state index contributed by atoms with van der Waals surface area (Å²) in [6, 6.07) is 5.94. The average molecular weight is 326 g/mol. The molecule has 0 aliphatic heterocycles. The normalized spacial score (nSPS) is 10.7. The van der Waals surface area contributed by atoms with Crippen molar-refractivity contribution in [1.82, 2.24) is 15.5 Å². The molecule has 6 heteroatoms. The van der Waals surface area contributed by atoms with Crippen molar-refractivity contribution in [3.05, 3.63) is 40.0 Å². The summed E-state index contributed by atoms with van der Waals surface area (Å²) in [7, 11) is 1.90. The molecule has 2 rings (SSSR count). The summed E-state index contributed by atoms with van der Waals surface area (Å²) in [5.41, 5.74) is 1.08. The summed E-state index contributed by atoms with van der Waals surface area (Å²) in [5, 5.41) is 6.95. The number of nitrogens with one attached hydrogen (secondary N) is 1. The van der Waals surface area contributed by atoms with Crippen LogP contribution in [0.25, 0.3) is 0 Å². The topological polar surface area (TPSA) is 60.2 Å². The molecular weight excluding hydrogens is 310 g/mol. The fourth-order valence-corrected chi connectivity index (χ4v) is 2.19. The van der Waals surface area contributed by atoms with Gasteiger partial charge in [-0.05, 0) is 29.0 Å². The number of aromatic nitrogens is 2. The van der Waals surface area contributed by atoms with E-state index in [1.807, 2.05) is 32.2 Å². The molecule has 0 aliphatic rings. The smallest absolute Gasteiger partial charge is 0.264 e. The molecule has 1 aromatic heterocycles. The largest absolute Gasteiger partial charge is 0.482 e. The van der Waals surface area contributed by atoms with Gasteiger partial charge in [0.1, 0.15) is 5.75 Å². The molecule has 0 saturated carbocycles. The predicted molar refractivity (Wildman–Crippen MR) is 74.9 cm³/mol. The molecule has 19 heavy (non-hydrogen) atoms. The first-order chi connectivity index (χ1) is 9.24. The Hall–Kier alpha value is -1.40. The molecule has 102 valence electrons. The van der Waals surface area contributed by atoms with Crippen LogP contribution >= 0.6 is 15.9 Å². The molecule has 0 amide bonds. The molecule has 1 N–H and O–H groups in total. The van der Waals surface area contributed by atoms with Crippen molar-refractivity contribution in [3.8, 4) is 5.75 Å². The molecule has 0 aliphatic carbocycles. The first-order valence-electron chi connectivity index (χ1n) is 6.10. The third kappa shape index (κ3) is 3.54. The van der Waals surface area contributed by atoms with Crippen LogP contribution in [0.1, 0.15) is 24.2 Å². The zero-order valence-corrected chi connectivity index (χ0v) is 12.5. The number of rotatable bonds is 6. The number of benzene rings is 1. The zero-order chi connectivity index (χ0) is 13.7. The lowest BCUT2D eigenvalue weighted by Crippen LogP contribution is -2.08. The first kappa shape index (κ1) is 14.0. The van der Waals surface area contributed by atoms with Crippen LogP contribution in [0.4, 0.5) is 0 Å². The van der Waals surface area contributed by atoms with Gasteiger partial charge >= 0.3 is 0 Å². The molecule has 0 unspecified atom stereocenters. The lowest BCUT2D eigenvalue weighted by molar-refractivity contribution is 0.239. The number of ether oxygens (including phenoxy) is 1. The number of para-hydroxylation sites is 1. The van der Waals surface area contributed by atoms with Crippen molar-refractivity contribution in [2.75, 3.05) is 7.05 Å². The maximum Gasteiger partial charge on any atom is 0.264 e. The highest BCUT2D eigenvalue weighted by Crippen LogP contribution is 2.29. The van der Waals surface area contributed by atoms with Crippen molar-refractivity contribution in [1.29, 1.82) is 0 Å². The van der Waals surface area contributed by atoms with Gasteiger partial charge in [-0.15, -0.1) is 0 Å². The summed E-state index contributed by atoms with van der Waals surface area (Å²) in [6.07, 6.45) is 0.754. The maximum absolute atomic E-state index is 5.78. The first-order valence-corrected chi connectivity index (χ1v) is 6.90. The fourth-order valence-electron chi connectivity index (χ4n) is 1.67. The molecule has 2 aromatic rings. The molecule has 1 heterocycles. The number of hydrogen-bond donors (Lipinski definition) is 1. The quantitative estimate of drug-likeness (QED) is 0.884. The summed E-state index contributed by atoms with van der Waals surface area (Å²) < 4.78 is 11.8. The molecule has 5 nitrogen and oxygen atoms in total. The van der Waals surface area contributed by atoms with E-state index in [2.05, 4.69) is 31.4 Å². The fraction of sp³-hybridized carbons (Fsp3) is 0.385. The van der Waals surface area contributed by atoms with Gasteiger partial charge in [-0.1, -0.05) is 24.2 Å². The standard InChI is InChI=1S/C13H16BrN3O2/c1-3-11-16-12(19-17-11)8-18-13-9(7-15-2)5-4-6-10(13)14/h4-6,15H,3,7-8H2,1-2H3. The Morgan fingerprint density at radius 3 is 2.95 bits per heavy atom. The van der Waals surface area contributed by atoms with Gasteiger partial charge in [-0.2, -0.15) is 4.98 Å². The van der Waals surface area contributed by atoms with Crippen LogP contribution in [-0.4, -0.2) is 17.2 Å². The highest BCUT2D eigenvalue weighted by atomic mass is 79.9. The van der Waals surface area contributed by atoms with Gasteiger partial charge in [0.2, 0.25) is 0 Å². The number of aryl methyl sites for hydroxylation is 1. The van der Waals surface area contributed by atoms with Crippen molar-refractivity contribution in [3.63, 3.8) is 0 Å².